The Morgan fingerprint density at radius 3 is 2.82 bits per heavy atom. The second-order valence-electron chi connectivity index (χ2n) is 1.88. The number of primary amides is 1. The van der Waals surface area contributed by atoms with Gasteiger partial charge in [0.25, 0.3) is 0 Å². The van der Waals surface area contributed by atoms with E-state index in [0.29, 0.717) is 5.76 Å². The molecule has 2 N–H and O–H groups in total. The van der Waals surface area contributed by atoms with Gasteiger partial charge < -0.3 is 10.2 Å². The number of hydrogen-bond acceptors (Lipinski definition) is 2. The molecule has 1 heterocycles. The van der Waals surface area contributed by atoms with Crippen molar-refractivity contribution >= 4 is 23.6 Å². The Hall–Kier alpha value is -1.22. The third-order valence-corrected chi connectivity index (χ3v) is 1.21. The van der Waals surface area contributed by atoms with Crippen LogP contribution in [-0.4, -0.2) is 5.91 Å². The average Bonchev–Trinajstić information content (AvgIpc) is 2.31. The number of hydrogen-bond donors (Lipinski definition) is 1. The van der Waals surface area contributed by atoms with Crippen LogP contribution in [0, 0.1) is 0 Å². The van der Waals surface area contributed by atoms with Crippen LogP contribution in [0.4, 0.5) is 0 Å². The van der Waals surface area contributed by atoms with E-state index in [2.05, 4.69) is 0 Å². The summed E-state index contributed by atoms with van der Waals surface area (Å²) in [5, 5.41) is 0.286. The van der Waals surface area contributed by atoms with Gasteiger partial charge in [0, 0.05) is 6.08 Å². The molecule has 1 amide bonds. The minimum Gasteiger partial charge on any atom is -0.445 e. The standard InChI is InChI=1S/C7H6ClNO2/c8-6-3-1-5(11-6)2-4-7(9)10/h1-4H,(H2,9,10)/b4-2+. The van der Waals surface area contributed by atoms with E-state index in [9.17, 15) is 4.79 Å². The molecule has 4 heteroatoms. The molecule has 1 aromatic heterocycles. The molecule has 0 radical (unpaired) electrons. The molecular formula is C7H6ClNO2. The van der Waals surface area contributed by atoms with Crippen molar-refractivity contribution in [2.75, 3.05) is 0 Å². The molecule has 0 fully saturated rings. The lowest BCUT2D eigenvalue weighted by atomic mass is 10.4. The molecule has 0 saturated carbocycles. The second-order valence-corrected chi connectivity index (χ2v) is 2.25. The van der Waals surface area contributed by atoms with Crippen molar-refractivity contribution in [1.29, 1.82) is 0 Å². The summed E-state index contributed by atoms with van der Waals surface area (Å²) in [6.45, 7) is 0. The quantitative estimate of drug-likeness (QED) is 0.685. The van der Waals surface area contributed by atoms with Crippen LogP contribution >= 0.6 is 11.6 Å². The van der Waals surface area contributed by atoms with Crippen LogP contribution in [-0.2, 0) is 4.79 Å². The molecule has 1 rings (SSSR count). The highest BCUT2D eigenvalue weighted by Gasteiger charge is 1.94. The monoisotopic (exact) mass is 171 g/mol. The smallest absolute Gasteiger partial charge is 0.241 e. The fourth-order valence-electron chi connectivity index (χ4n) is 0.582. The first kappa shape index (κ1) is 7.88. The summed E-state index contributed by atoms with van der Waals surface area (Å²) >= 11 is 5.46. The van der Waals surface area contributed by atoms with Crippen LogP contribution in [0.2, 0.25) is 5.22 Å². The molecule has 0 aliphatic carbocycles. The average molecular weight is 172 g/mol. The van der Waals surface area contributed by atoms with Crippen LogP contribution in [0.5, 0.6) is 0 Å². The third-order valence-electron chi connectivity index (χ3n) is 1.01. The van der Waals surface area contributed by atoms with Crippen LogP contribution in [0.15, 0.2) is 22.6 Å². The largest absolute Gasteiger partial charge is 0.445 e. The summed E-state index contributed by atoms with van der Waals surface area (Å²) in [6, 6.07) is 3.23. The van der Waals surface area contributed by atoms with Gasteiger partial charge in [0.2, 0.25) is 5.91 Å². The molecule has 11 heavy (non-hydrogen) atoms. The van der Waals surface area contributed by atoms with E-state index in [0.717, 1.165) is 0 Å². The Balaban J connectivity index is 2.71. The second kappa shape index (κ2) is 3.25. The lowest BCUT2D eigenvalue weighted by Crippen LogP contribution is -2.04. The highest BCUT2D eigenvalue weighted by Crippen LogP contribution is 2.13. The Morgan fingerprint density at radius 1 is 1.64 bits per heavy atom. The summed E-state index contributed by atoms with van der Waals surface area (Å²) in [5.74, 6) is -0.00803. The summed E-state index contributed by atoms with van der Waals surface area (Å²) < 4.78 is 4.90. The molecule has 1 aromatic rings. The molecule has 3 nitrogen and oxygen atoms in total. The number of carbonyl (C=O) groups excluding carboxylic acids is 1. The Labute approximate surface area is 68.4 Å². The third kappa shape index (κ3) is 2.47. The normalized spacial score (nSPS) is 10.6. The predicted octanol–water partition coefficient (Wildman–Crippen LogP) is 1.43. The van der Waals surface area contributed by atoms with Crippen LogP contribution < -0.4 is 5.73 Å². The first-order valence-corrected chi connectivity index (χ1v) is 3.29. The van der Waals surface area contributed by atoms with Gasteiger partial charge in [0.05, 0.1) is 0 Å². The van der Waals surface area contributed by atoms with Gasteiger partial charge in [-0.05, 0) is 29.8 Å². The fraction of sp³-hybridized carbons (Fsp3) is 0. The predicted molar refractivity (Wildman–Crippen MR) is 41.9 cm³/mol. The fourth-order valence-corrected chi connectivity index (χ4v) is 0.734. The minimum absolute atomic E-state index is 0.286. The van der Waals surface area contributed by atoms with Crippen LogP contribution in [0.25, 0.3) is 6.08 Å². The first-order chi connectivity index (χ1) is 5.18. The van der Waals surface area contributed by atoms with Gasteiger partial charge in [-0.25, -0.2) is 0 Å². The van der Waals surface area contributed by atoms with Crippen molar-refractivity contribution in [2.45, 2.75) is 0 Å². The van der Waals surface area contributed by atoms with E-state index in [1.807, 2.05) is 0 Å². The zero-order valence-electron chi connectivity index (χ0n) is 5.58. The van der Waals surface area contributed by atoms with E-state index in [1.165, 1.54) is 12.2 Å². The Bertz CT molecular complexity index is 290. The Kier molecular flexibility index (Phi) is 2.33. The number of amides is 1. The number of furan rings is 1. The van der Waals surface area contributed by atoms with E-state index < -0.39 is 5.91 Å². The van der Waals surface area contributed by atoms with E-state index >= 15 is 0 Å². The van der Waals surface area contributed by atoms with Gasteiger partial charge in [-0.15, -0.1) is 0 Å². The number of nitrogens with two attached hydrogens (primary N) is 1. The van der Waals surface area contributed by atoms with Crippen molar-refractivity contribution < 1.29 is 9.21 Å². The van der Waals surface area contributed by atoms with Crippen molar-refractivity contribution in [3.8, 4) is 0 Å². The molecule has 0 saturated heterocycles. The molecule has 0 bridgehead atoms. The Morgan fingerprint density at radius 2 is 2.36 bits per heavy atom. The van der Waals surface area contributed by atoms with Crippen LogP contribution in [0.3, 0.4) is 0 Å². The molecular weight excluding hydrogens is 166 g/mol. The van der Waals surface area contributed by atoms with Gasteiger partial charge in [0.15, 0.2) is 5.22 Å². The maximum absolute atomic E-state index is 10.2. The molecule has 0 aromatic carbocycles. The summed E-state index contributed by atoms with van der Waals surface area (Å²) in [6.07, 6.45) is 2.66. The lowest BCUT2D eigenvalue weighted by Gasteiger charge is -1.81. The van der Waals surface area contributed by atoms with Crippen molar-refractivity contribution in [2.24, 2.45) is 5.73 Å². The van der Waals surface area contributed by atoms with E-state index in [-0.39, 0.29) is 5.22 Å². The van der Waals surface area contributed by atoms with Gasteiger partial charge in [-0.1, -0.05) is 0 Å². The van der Waals surface area contributed by atoms with Crippen molar-refractivity contribution in [3.63, 3.8) is 0 Å². The van der Waals surface area contributed by atoms with Crippen LogP contribution in [0.1, 0.15) is 5.76 Å². The zero-order valence-corrected chi connectivity index (χ0v) is 6.34. The maximum atomic E-state index is 10.2. The van der Waals surface area contributed by atoms with Crippen molar-refractivity contribution in [3.05, 3.63) is 29.2 Å². The topological polar surface area (TPSA) is 56.2 Å². The first-order valence-electron chi connectivity index (χ1n) is 2.91. The molecule has 58 valence electrons. The van der Waals surface area contributed by atoms with E-state index in [4.69, 9.17) is 21.8 Å². The number of carbonyl (C=O) groups is 1. The number of rotatable bonds is 2. The van der Waals surface area contributed by atoms with Gasteiger partial charge >= 0.3 is 0 Å². The lowest BCUT2D eigenvalue weighted by molar-refractivity contribution is -0.113. The van der Waals surface area contributed by atoms with Crippen molar-refractivity contribution in [1.82, 2.24) is 0 Å². The minimum atomic E-state index is -0.516. The van der Waals surface area contributed by atoms with E-state index in [1.54, 1.807) is 12.1 Å². The molecule has 0 spiro atoms. The molecule has 0 atom stereocenters. The molecule has 0 aliphatic heterocycles. The highest BCUT2D eigenvalue weighted by atomic mass is 35.5. The highest BCUT2D eigenvalue weighted by molar-refractivity contribution is 6.28. The summed E-state index contributed by atoms with van der Waals surface area (Å²) in [7, 11) is 0. The maximum Gasteiger partial charge on any atom is 0.241 e. The molecule has 0 aliphatic rings. The van der Waals surface area contributed by atoms with Gasteiger partial charge in [0.1, 0.15) is 5.76 Å². The zero-order chi connectivity index (χ0) is 8.27. The summed E-state index contributed by atoms with van der Waals surface area (Å²) in [4.78, 5) is 10.2. The SMILES string of the molecule is NC(=O)/C=C/c1ccc(Cl)o1. The van der Waals surface area contributed by atoms with Gasteiger partial charge in [-0.2, -0.15) is 0 Å². The molecule has 0 unspecified atom stereocenters. The van der Waals surface area contributed by atoms with Gasteiger partial charge in [-0.3, -0.25) is 4.79 Å². The number of halogens is 1. The summed E-state index contributed by atoms with van der Waals surface area (Å²) in [5.41, 5.74) is 4.85.